The first-order chi connectivity index (χ1) is 12.1. The first kappa shape index (κ1) is 17.0. The lowest BCUT2D eigenvalue weighted by atomic mass is 10.0. The number of fused-ring (bicyclic) bond motifs is 1. The molecule has 0 fully saturated rings. The molecule has 2 aromatic carbocycles. The van der Waals surface area contributed by atoms with Gasteiger partial charge in [-0.2, -0.15) is 0 Å². The fourth-order valence-corrected chi connectivity index (χ4v) is 2.93. The molecule has 0 bridgehead atoms. The Morgan fingerprint density at radius 2 is 2.04 bits per heavy atom. The fraction of sp³-hybridized carbons (Fsp3) is 0.300. The number of nitrogens with one attached hydrogen (secondary N) is 2. The summed E-state index contributed by atoms with van der Waals surface area (Å²) in [6, 6.07) is 13.1. The normalized spacial score (nSPS) is 12.7. The van der Waals surface area contributed by atoms with Crippen LogP contribution in [-0.4, -0.2) is 25.0 Å². The summed E-state index contributed by atoms with van der Waals surface area (Å²) in [5.41, 5.74) is 3.59. The Hall–Kier alpha value is -2.82. The number of carbonyl (C=O) groups excluding carboxylic acids is 2. The van der Waals surface area contributed by atoms with Crippen LogP contribution in [0.4, 0.5) is 5.69 Å². The maximum Gasteiger partial charge on any atom is 0.251 e. The molecular weight excluding hydrogens is 316 g/mol. The average Bonchev–Trinajstić information content (AvgIpc) is 2.61. The summed E-state index contributed by atoms with van der Waals surface area (Å²) in [6.45, 7) is 2.79. The highest BCUT2D eigenvalue weighted by Crippen LogP contribution is 2.25. The van der Waals surface area contributed by atoms with E-state index in [-0.39, 0.29) is 11.8 Å². The number of benzene rings is 2. The topological polar surface area (TPSA) is 67.4 Å². The number of rotatable bonds is 5. The van der Waals surface area contributed by atoms with Crippen LogP contribution in [0.3, 0.4) is 0 Å². The van der Waals surface area contributed by atoms with E-state index in [1.165, 1.54) is 18.1 Å². The summed E-state index contributed by atoms with van der Waals surface area (Å²) in [4.78, 5) is 23.4. The molecule has 0 radical (unpaired) electrons. The largest absolute Gasteiger partial charge is 0.493 e. The van der Waals surface area contributed by atoms with Gasteiger partial charge in [-0.3, -0.25) is 9.59 Å². The highest BCUT2D eigenvalue weighted by atomic mass is 16.5. The molecule has 1 heterocycles. The van der Waals surface area contributed by atoms with Crippen LogP contribution in [0.5, 0.6) is 5.75 Å². The zero-order valence-corrected chi connectivity index (χ0v) is 14.3. The molecule has 2 N–H and O–H groups in total. The number of hydrogen-bond donors (Lipinski definition) is 2. The molecule has 0 spiro atoms. The van der Waals surface area contributed by atoms with Crippen molar-refractivity contribution in [1.82, 2.24) is 5.32 Å². The van der Waals surface area contributed by atoms with Crippen LogP contribution >= 0.6 is 0 Å². The van der Waals surface area contributed by atoms with Crippen molar-refractivity contribution in [2.24, 2.45) is 0 Å². The van der Waals surface area contributed by atoms with Gasteiger partial charge >= 0.3 is 0 Å². The van der Waals surface area contributed by atoms with Crippen molar-refractivity contribution < 1.29 is 14.3 Å². The predicted molar refractivity (Wildman–Crippen MR) is 97.0 cm³/mol. The van der Waals surface area contributed by atoms with Gasteiger partial charge in [-0.15, -0.1) is 0 Å². The van der Waals surface area contributed by atoms with E-state index >= 15 is 0 Å². The molecule has 0 saturated heterocycles. The van der Waals surface area contributed by atoms with Crippen molar-refractivity contribution in [3.8, 4) is 5.75 Å². The molecule has 130 valence electrons. The molecule has 3 rings (SSSR count). The van der Waals surface area contributed by atoms with Gasteiger partial charge in [0.1, 0.15) is 5.75 Å². The minimum Gasteiger partial charge on any atom is -0.493 e. The molecule has 0 aliphatic carbocycles. The number of aryl methyl sites for hydroxylation is 1. The summed E-state index contributed by atoms with van der Waals surface area (Å²) in [5.74, 6) is 0.677. The number of amides is 2. The van der Waals surface area contributed by atoms with Gasteiger partial charge in [0.05, 0.1) is 6.61 Å². The molecule has 1 aliphatic rings. The second kappa shape index (κ2) is 7.83. The SMILES string of the molecule is CC(=O)Nc1cccc(C(=O)NCCc2ccc3c(c2)CCCO3)c1. The Labute approximate surface area is 147 Å². The van der Waals surface area contributed by atoms with E-state index in [2.05, 4.69) is 16.7 Å². The zero-order valence-electron chi connectivity index (χ0n) is 14.3. The van der Waals surface area contributed by atoms with E-state index in [1.807, 2.05) is 12.1 Å². The van der Waals surface area contributed by atoms with E-state index in [4.69, 9.17) is 4.74 Å². The van der Waals surface area contributed by atoms with E-state index in [0.29, 0.717) is 17.8 Å². The Balaban J connectivity index is 1.55. The van der Waals surface area contributed by atoms with Gasteiger partial charge in [0.15, 0.2) is 0 Å². The smallest absolute Gasteiger partial charge is 0.251 e. The van der Waals surface area contributed by atoms with E-state index in [1.54, 1.807) is 24.3 Å². The summed E-state index contributed by atoms with van der Waals surface area (Å²) >= 11 is 0. The van der Waals surface area contributed by atoms with E-state index < -0.39 is 0 Å². The second-order valence-electron chi connectivity index (χ2n) is 6.16. The molecule has 2 aromatic rings. The number of ether oxygens (including phenoxy) is 1. The van der Waals surface area contributed by atoms with Gasteiger partial charge < -0.3 is 15.4 Å². The Morgan fingerprint density at radius 1 is 1.16 bits per heavy atom. The summed E-state index contributed by atoms with van der Waals surface area (Å²) < 4.78 is 5.62. The van der Waals surface area contributed by atoms with Gasteiger partial charge in [-0.1, -0.05) is 18.2 Å². The molecule has 0 saturated carbocycles. The van der Waals surface area contributed by atoms with Crippen LogP contribution in [0, 0.1) is 0 Å². The van der Waals surface area contributed by atoms with Crippen molar-refractivity contribution in [3.05, 3.63) is 59.2 Å². The number of anilines is 1. The predicted octanol–water partition coefficient (Wildman–Crippen LogP) is 2.94. The van der Waals surface area contributed by atoms with Gasteiger partial charge in [-0.25, -0.2) is 0 Å². The van der Waals surface area contributed by atoms with Crippen molar-refractivity contribution in [2.45, 2.75) is 26.2 Å². The molecule has 0 atom stereocenters. The van der Waals surface area contributed by atoms with Crippen LogP contribution in [0.1, 0.15) is 34.8 Å². The lowest BCUT2D eigenvalue weighted by Crippen LogP contribution is -2.25. The molecule has 5 heteroatoms. The number of carbonyl (C=O) groups is 2. The first-order valence-corrected chi connectivity index (χ1v) is 8.52. The maximum absolute atomic E-state index is 12.3. The first-order valence-electron chi connectivity index (χ1n) is 8.52. The van der Waals surface area contributed by atoms with E-state index in [9.17, 15) is 9.59 Å². The van der Waals surface area contributed by atoms with E-state index in [0.717, 1.165) is 31.6 Å². The van der Waals surface area contributed by atoms with Crippen molar-refractivity contribution in [3.63, 3.8) is 0 Å². The van der Waals surface area contributed by atoms with Crippen LogP contribution in [0.2, 0.25) is 0 Å². The van der Waals surface area contributed by atoms with Gasteiger partial charge in [-0.05, 0) is 54.7 Å². The quantitative estimate of drug-likeness (QED) is 0.881. The highest BCUT2D eigenvalue weighted by molar-refractivity contribution is 5.96. The maximum atomic E-state index is 12.3. The fourth-order valence-electron chi connectivity index (χ4n) is 2.93. The zero-order chi connectivity index (χ0) is 17.6. The van der Waals surface area contributed by atoms with Crippen LogP contribution in [0.25, 0.3) is 0 Å². The lowest BCUT2D eigenvalue weighted by molar-refractivity contribution is -0.114. The third-order valence-corrected chi connectivity index (χ3v) is 4.12. The molecule has 0 unspecified atom stereocenters. The summed E-state index contributed by atoms with van der Waals surface area (Å²) in [6.07, 6.45) is 2.87. The third-order valence-electron chi connectivity index (χ3n) is 4.12. The summed E-state index contributed by atoms with van der Waals surface area (Å²) in [7, 11) is 0. The molecule has 25 heavy (non-hydrogen) atoms. The minimum atomic E-state index is -0.158. The van der Waals surface area contributed by atoms with Crippen LogP contribution in [-0.2, 0) is 17.6 Å². The van der Waals surface area contributed by atoms with Crippen LogP contribution in [0.15, 0.2) is 42.5 Å². The standard InChI is InChI=1S/C20H22N2O3/c1-14(23)22-18-6-2-4-17(13-18)20(24)21-10-9-15-7-8-19-16(12-15)5-3-11-25-19/h2,4,6-8,12-13H,3,5,9-11H2,1H3,(H,21,24)(H,22,23). The monoisotopic (exact) mass is 338 g/mol. The Bertz CT molecular complexity index is 786. The Kier molecular flexibility index (Phi) is 5.33. The minimum absolute atomic E-state index is 0.145. The Morgan fingerprint density at radius 3 is 2.88 bits per heavy atom. The highest BCUT2D eigenvalue weighted by Gasteiger charge is 2.11. The third kappa shape index (κ3) is 4.59. The summed E-state index contributed by atoms with van der Waals surface area (Å²) in [5, 5.41) is 5.61. The van der Waals surface area contributed by atoms with Crippen molar-refractivity contribution in [1.29, 1.82) is 0 Å². The van der Waals surface area contributed by atoms with Gasteiger partial charge in [0, 0.05) is 24.7 Å². The van der Waals surface area contributed by atoms with Gasteiger partial charge in [0.25, 0.3) is 5.91 Å². The second-order valence-corrected chi connectivity index (χ2v) is 6.16. The average molecular weight is 338 g/mol. The molecular formula is C20H22N2O3. The molecule has 1 aliphatic heterocycles. The lowest BCUT2D eigenvalue weighted by Gasteiger charge is -2.18. The molecule has 0 aromatic heterocycles. The van der Waals surface area contributed by atoms with Gasteiger partial charge in [0.2, 0.25) is 5.91 Å². The molecule has 5 nitrogen and oxygen atoms in total. The number of hydrogen-bond acceptors (Lipinski definition) is 3. The van der Waals surface area contributed by atoms with Crippen molar-refractivity contribution >= 4 is 17.5 Å². The van der Waals surface area contributed by atoms with Crippen molar-refractivity contribution in [2.75, 3.05) is 18.5 Å². The molecule has 2 amide bonds. The van der Waals surface area contributed by atoms with Crippen LogP contribution < -0.4 is 15.4 Å².